The number of nitrogens with zero attached hydrogens (tertiary/aromatic N) is 1. The van der Waals surface area contributed by atoms with Crippen LogP contribution in [0.25, 0.3) is 0 Å². The average molecular weight is 229 g/mol. The first-order valence-electron chi connectivity index (χ1n) is 4.20. The van der Waals surface area contributed by atoms with Crippen molar-refractivity contribution in [1.82, 2.24) is 0 Å². The van der Waals surface area contributed by atoms with Gasteiger partial charge in [0.15, 0.2) is 0 Å². The number of primary amides is 1. The molecule has 1 amide bonds. The molecule has 6 heteroatoms. The first-order chi connectivity index (χ1) is 7.00. The normalized spacial score (nSPS) is 9.93. The predicted molar refractivity (Wildman–Crippen MR) is 55.5 cm³/mol. The van der Waals surface area contributed by atoms with Gasteiger partial charge in [0.1, 0.15) is 0 Å². The highest BCUT2D eigenvalue weighted by atomic mass is 35.5. The minimum Gasteiger partial charge on any atom is -0.366 e. The SMILES string of the molecule is NC(=O)c1ccc(Cl)c(CC[N+](=O)[O-])c1. The summed E-state index contributed by atoms with van der Waals surface area (Å²) in [6, 6.07) is 4.48. The number of hydrogen-bond acceptors (Lipinski definition) is 3. The van der Waals surface area contributed by atoms with E-state index in [-0.39, 0.29) is 13.0 Å². The number of nitrogens with two attached hydrogens (primary N) is 1. The molecule has 0 spiro atoms. The number of rotatable bonds is 4. The molecule has 0 radical (unpaired) electrons. The molecule has 0 saturated heterocycles. The molecule has 0 fully saturated rings. The molecule has 80 valence electrons. The molecule has 0 aliphatic heterocycles. The number of carbonyl (C=O) groups is 1. The zero-order valence-electron chi connectivity index (χ0n) is 7.77. The molecular weight excluding hydrogens is 220 g/mol. The van der Waals surface area contributed by atoms with E-state index in [1.165, 1.54) is 18.2 Å². The Bertz CT molecular complexity index is 406. The lowest BCUT2D eigenvalue weighted by Gasteiger charge is -2.03. The van der Waals surface area contributed by atoms with Crippen LogP contribution in [0.5, 0.6) is 0 Å². The number of carbonyl (C=O) groups excluding carboxylic acids is 1. The van der Waals surface area contributed by atoms with Crippen molar-refractivity contribution in [3.8, 4) is 0 Å². The Labute approximate surface area is 91.0 Å². The van der Waals surface area contributed by atoms with Gasteiger partial charge in [-0.25, -0.2) is 0 Å². The Balaban J connectivity index is 2.90. The number of amides is 1. The first kappa shape index (κ1) is 11.5. The van der Waals surface area contributed by atoms with Gasteiger partial charge in [0.2, 0.25) is 12.5 Å². The van der Waals surface area contributed by atoms with E-state index in [4.69, 9.17) is 17.3 Å². The lowest BCUT2D eigenvalue weighted by atomic mass is 10.1. The summed E-state index contributed by atoms with van der Waals surface area (Å²) in [4.78, 5) is 20.6. The monoisotopic (exact) mass is 228 g/mol. The van der Waals surface area contributed by atoms with Crippen molar-refractivity contribution >= 4 is 17.5 Å². The molecule has 0 unspecified atom stereocenters. The van der Waals surface area contributed by atoms with Crippen LogP contribution in [-0.4, -0.2) is 17.4 Å². The summed E-state index contributed by atoms with van der Waals surface area (Å²) in [6.07, 6.45) is 0.187. The number of hydrogen-bond donors (Lipinski definition) is 1. The van der Waals surface area contributed by atoms with Crippen molar-refractivity contribution in [3.05, 3.63) is 44.5 Å². The molecular formula is C9H9ClN2O3. The lowest BCUT2D eigenvalue weighted by molar-refractivity contribution is -0.479. The molecule has 1 aromatic rings. The van der Waals surface area contributed by atoms with Crippen molar-refractivity contribution in [2.24, 2.45) is 5.73 Å². The van der Waals surface area contributed by atoms with Crippen LogP contribution in [0.2, 0.25) is 5.02 Å². The summed E-state index contributed by atoms with van der Waals surface area (Å²) >= 11 is 5.81. The van der Waals surface area contributed by atoms with Gasteiger partial charge in [-0.1, -0.05) is 11.6 Å². The van der Waals surface area contributed by atoms with Crippen LogP contribution in [-0.2, 0) is 6.42 Å². The fraction of sp³-hybridized carbons (Fsp3) is 0.222. The van der Waals surface area contributed by atoms with Crippen LogP contribution in [0, 0.1) is 10.1 Å². The van der Waals surface area contributed by atoms with E-state index in [1.807, 2.05) is 0 Å². The largest absolute Gasteiger partial charge is 0.366 e. The molecule has 0 heterocycles. The standard InChI is InChI=1S/C9H9ClN2O3/c10-8-2-1-7(9(11)13)5-6(8)3-4-12(14)15/h1-2,5H,3-4H2,(H2,11,13). The molecule has 2 N–H and O–H groups in total. The third-order valence-corrected chi connectivity index (χ3v) is 2.26. The highest BCUT2D eigenvalue weighted by Gasteiger charge is 2.08. The molecule has 0 bridgehead atoms. The number of halogens is 1. The minimum absolute atomic E-state index is 0.187. The Morgan fingerprint density at radius 2 is 2.20 bits per heavy atom. The van der Waals surface area contributed by atoms with Gasteiger partial charge >= 0.3 is 0 Å². The zero-order chi connectivity index (χ0) is 11.4. The Kier molecular flexibility index (Phi) is 3.62. The first-order valence-corrected chi connectivity index (χ1v) is 4.58. The van der Waals surface area contributed by atoms with Crippen molar-refractivity contribution in [3.63, 3.8) is 0 Å². The summed E-state index contributed by atoms with van der Waals surface area (Å²) < 4.78 is 0. The van der Waals surface area contributed by atoms with Gasteiger partial charge in [-0.2, -0.15) is 0 Å². The van der Waals surface area contributed by atoms with Crippen LogP contribution in [0.4, 0.5) is 0 Å². The molecule has 0 aliphatic rings. The molecule has 0 saturated carbocycles. The minimum atomic E-state index is -0.575. The van der Waals surface area contributed by atoms with Crippen LogP contribution in [0.3, 0.4) is 0 Å². The van der Waals surface area contributed by atoms with Crippen LogP contribution in [0.1, 0.15) is 15.9 Å². The summed E-state index contributed by atoms with van der Waals surface area (Å²) in [5.41, 5.74) is 5.94. The van der Waals surface area contributed by atoms with E-state index >= 15 is 0 Å². The second kappa shape index (κ2) is 4.75. The van der Waals surface area contributed by atoms with E-state index in [1.54, 1.807) is 0 Å². The molecule has 0 aliphatic carbocycles. The van der Waals surface area contributed by atoms with Crippen LogP contribution < -0.4 is 5.73 Å². The van der Waals surface area contributed by atoms with E-state index in [9.17, 15) is 14.9 Å². The topological polar surface area (TPSA) is 86.2 Å². The van der Waals surface area contributed by atoms with Gasteiger partial charge in [0.25, 0.3) is 0 Å². The summed E-state index contributed by atoms with van der Waals surface area (Å²) in [5.74, 6) is -0.575. The molecule has 1 aromatic carbocycles. The summed E-state index contributed by atoms with van der Waals surface area (Å²) in [5, 5.41) is 10.6. The van der Waals surface area contributed by atoms with Gasteiger partial charge in [-0.3, -0.25) is 14.9 Å². The fourth-order valence-electron chi connectivity index (χ4n) is 1.13. The van der Waals surface area contributed by atoms with Gasteiger partial charge in [0, 0.05) is 21.9 Å². The fourth-order valence-corrected chi connectivity index (χ4v) is 1.34. The second-order valence-corrected chi connectivity index (χ2v) is 3.38. The molecule has 15 heavy (non-hydrogen) atoms. The Morgan fingerprint density at radius 3 is 2.73 bits per heavy atom. The van der Waals surface area contributed by atoms with E-state index < -0.39 is 10.8 Å². The number of benzene rings is 1. The summed E-state index contributed by atoms with van der Waals surface area (Å²) in [6.45, 7) is -0.220. The highest BCUT2D eigenvalue weighted by Crippen LogP contribution is 2.18. The third-order valence-electron chi connectivity index (χ3n) is 1.89. The molecule has 0 aromatic heterocycles. The van der Waals surface area contributed by atoms with Crippen molar-refractivity contribution < 1.29 is 9.72 Å². The van der Waals surface area contributed by atoms with Gasteiger partial charge in [-0.05, 0) is 23.8 Å². The maximum absolute atomic E-state index is 10.8. The quantitative estimate of drug-likeness (QED) is 0.622. The van der Waals surface area contributed by atoms with E-state index in [0.29, 0.717) is 16.1 Å². The van der Waals surface area contributed by atoms with Gasteiger partial charge < -0.3 is 5.73 Å². The maximum atomic E-state index is 10.8. The Morgan fingerprint density at radius 1 is 1.53 bits per heavy atom. The third kappa shape index (κ3) is 3.21. The number of nitro groups is 1. The maximum Gasteiger partial charge on any atom is 0.248 e. The van der Waals surface area contributed by atoms with Gasteiger partial charge in [0.05, 0.1) is 0 Å². The van der Waals surface area contributed by atoms with E-state index in [0.717, 1.165) is 0 Å². The van der Waals surface area contributed by atoms with E-state index in [2.05, 4.69) is 0 Å². The summed E-state index contributed by atoms with van der Waals surface area (Å²) in [7, 11) is 0. The molecule has 0 atom stereocenters. The smallest absolute Gasteiger partial charge is 0.248 e. The molecule has 1 rings (SSSR count). The van der Waals surface area contributed by atoms with Crippen LogP contribution >= 0.6 is 11.6 Å². The van der Waals surface area contributed by atoms with Crippen molar-refractivity contribution in [1.29, 1.82) is 0 Å². The predicted octanol–water partition coefficient (Wildman–Crippen LogP) is 1.26. The molecule has 5 nitrogen and oxygen atoms in total. The average Bonchev–Trinajstić information content (AvgIpc) is 2.16. The highest BCUT2D eigenvalue weighted by molar-refractivity contribution is 6.31. The second-order valence-electron chi connectivity index (χ2n) is 2.98. The zero-order valence-corrected chi connectivity index (χ0v) is 8.53. The van der Waals surface area contributed by atoms with Crippen LogP contribution in [0.15, 0.2) is 18.2 Å². The van der Waals surface area contributed by atoms with Gasteiger partial charge in [-0.15, -0.1) is 0 Å². The lowest BCUT2D eigenvalue weighted by Crippen LogP contribution is -2.12. The van der Waals surface area contributed by atoms with Crippen molar-refractivity contribution in [2.45, 2.75) is 6.42 Å². The Hall–Kier alpha value is -1.62. The van der Waals surface area contributed by atoms with Crippen molar-refractivity contribution in [2.75, 3.05) is 6.54 Å².